The Kier molecular flexibility index (Phi) is 4.93. The van der Waals surface area contributed by atoms with E-state index in [0.29, 0.717) is 12.5 Å². The number of aliphatic hydroxyl groups is 1. The fourth-order valence-corrected chi connectivity index (χ4v) is 4.64. The third-order valence-corrected chi connectivity index (χ3v) is 6.43. The summed E-state index contributed by atoms with van der Waals surface area (Å²) in [5, 5.41) is 15.0. The van der Waals surface area contributed by atoms with E-state index in [9.17, 15) is 5.11 Å². The molecule has 1 aromatic heterocycles. The van der Waals surface area contributed by atoms with E-state index >= 15 is 0 Å². The van der Waals surface area contributed by atoms with Crippen molar-refractivity contribution in [1.29, 1.82) is 0 Å². The van der Waals surface area contributed by atoms with Crippen LogP contribution >= 0.6 is 23.1 Å². The van der Waals surface area contributed by atoms with Crippen molar-refractivity contribution in [2.45, 2.75) is 51.7 Å². The number of thiazole rings is 1. The van der Waals surface area contributed by atoms with Crippen LogP contribution in [0.2, 0.25) is 0 Å². The summed E-state index contributed by atoms with van der Waals surface area (Å²) < 4.78 is 0. The van der Waals surface area contributed by atoms with E-state index in [1.165, 1.54) is 9.88 Å². The highest BCUT2D eigenvalue weighted by Crippen LogP contribution is 2.31. The first-order chi connectivity index (χ1) is 8.91. The maximum Gasteiger partial charge on any atom is 0.0956 e. The second kappa shape index (κ2) is 6.12. The number of thioether (sulfide) groups is 1. The highest BCUT2D eigenvalue weighted by Gasteiger charge is 2.32. The van der Waals surface area contributed by atoms with Crippen LogP contribution in [-0.4, -0.2) is 33.7 Å². The standard InChI is InChI=1S/C14H24N2OS2/c1-9(2)13-16-11(4)12(19-13)10(3)15-7-14(17)5-6-18-8-14/h9-10,15,17H,5-8H2,1-4H3/t10-,14+/m0/s1. The van der Waals surface area contributed by atoms with Crippen LogP contribution in [0.5, 0.6) is 0 Å². The van der Waals surface area contributed by atoms with Gasteiger partial charge < -0.3 is 10.4 Å². The molecule has 1 fully saturated rings. The van der Waals surface area contributed by atoms with Gasteiger partial charge in [-0.2, -0.15) is 11.8 Å². The molecular weight excluding hydrogens is 276 g/mol. The fraction of sp³-hybridized carbons (Fsp3) is 0.786. The summed E-state index contributed by atoms with van der Waals surface area (Å²) in [6.07, 6.45) is 0.899. The lowest BCUT2D eigenvalue weighted by atomic mass is 10.0. The number of hydrogen-bond acceptors (Lipinski definition) is 5. The minimum atomic E-state index is -0.515. The van der Waals surface area contributed by atoms with Crippen LogP contribution in [0.4, 0.5) is 0 Å². The highest BCUT2D eigenvalue weighted by atomic mass is 32.2. The minimum Gasteiger partial charge on any atom is -0.388 e. The molecule has 1 aliphatic rings. The molecule has 0 aromatic carbocycles. The summed E-state index contributed by atoms with van der Waals surface area (Å²) in [7, 11) is 0. The fourth-order valence-electron chi connectivity index (χ4n) is 2.25. The normalized spacial score (nSPS) is 25.2. The lowest BCUT2D eigenvalue weighted by Crippen LogP contribution is -2.41. The molecule has 0 spiro atoms. The molecule has 0 unspecified atom stereocenters. The molecule has 19 heavy (non-hydrogen) atoms. The third kappa shape index (κ3) is 3.72. The lowest BCUT2D eigenvalue weighted by molar-refractivity contribution is 0.0652. The molecule has 0 radical (unpaired) electrons. The molecule has 2 atom stereocenters. The van der Waals surface area contributed by atoms with Gasteiger partial charge in [-0.1, -0.05) is 13.8 Å². The van der Waals surface area contributed by atoms with Gasteiger partial charge in [0.05, 0.1) is 16.3 Å². The summed E-state index contributed by atoms with van der Waals surface area (Å²) in [6.45, 7) is 9.28. The highest BCUT2D eigenvalue weighted by molar-refractivity contribution is 7.99. The van der Waals surface area contributed by atoms with Crippen molar-refractivity contribution in [3.8, 4) is 0 Å². The van der Waals surface area contributed by atoms with E-state index in [2.05, 4.69) is 38.0 Å². The van der Waals surface area contributed by atoms with Crippen LogP contribution in [-0.2, 0) is 0 Å². The van der Waals surface area contributed by atoms with Crippen molar-refractivity contribution < 1.29 is 5.11 Å². The van der Waals surface area contributed by atoms with Crippen molar-refractivity contribution in [3.05, 3.63) is 15.6 Å². The average Bonchev–Trinajstić information content (AvgIpc) is 2.93. The summed E-state index contributed by atoms with van der Waals surface area (Å²) >= 11 is 3.64. The maximum absolute atomic E-state index is 10.4. The smallest absolute Gasteiger partial charge is 0.0956 e. The minimum absolute atomic E-state index is 0.264. The van der Waals surface area contributed by atoms with Crippen LogP contribution in [0, 0.1) is 6.92 Å². The Labute approximate surface area is 124 Å². The van der Waals surface area contributed by atoms with Crippen molar-refractivity contribution in [3.63, 3.8) is 0 Å². The van der Waals surface area contributed by atoms with Gasteiger partial charge in [0.25, 0.3) is 0 Å². The van der Waals surface area contributed by atoms with E-state index in [4.69, 9.17) is 0 Å². The Morgan fingerprint density at radius 2 is 2.16 bits per heavy atom. The van der Waals surface area contributed by atoms with Crippen LogP contribution in [0.3, 0.4) is 0 Å². The zero-order valence-electron chi connectivity index (χ0n) is 12.2. The Morgan fingerprint density at radius 1 is 1.42 bits per heavy atom. The zero-order valence-corrected chi connectivity index (χ0v) is 13.8. The van der Waals surface area contributed by atoms with Gasteiger partial charge in [-0.15, -0.1) is 11.3 Å². The number of nitrogens with zero attached hydrogens (tertiary/aromatic N) is 1. The quantitative estimate of drug-likeness (QED) is 0.877. The Morgan fingerprint density at radius 3 is 2.68 bits per heavy atom. The molecule has 0 aliphatic carbocycles. The first-order valence-corrected chi connectivity index (χ1v) is 8.89. The average molecular weight is 300 g/mol. The monoisotopic (exact) mass is 300 g/mol. The molecular formula is C14H24N2OS2. The Bertz CT molecular complexity index is 425. The predicted molar refractivity (Wildman–Crippen MR) is 84.2 cm³/mol. The molecule has 5 heteroatoms. The predicted octanol–water partition coefficient (Wildman–Crippen LogP) is 3.09. The molecule has 2 N–H and O–H groups in total. The van der Waals surface area contributed by atoms with Gasteiger partial charge >= 0.3 is 0 Å². The summed E-state index contributed by atoms with van der Waals surface area (Å²) in [5.74, 6) is 2.41. The van der Waals surface area contributed by atoms with Crippen LogP contribution < -0.4 is 5.32 Å². The van der Waals surface area contributed by atoms with E-state index in [0.717, 1.165) is 23.6 Å². The van der Waals surface area contributed by atoms with E-state index in [1.807, 2.05) is 11.8 Å². The molecule has 3 nitrogen and oxygen atoms in total. The topological polar surface area (TPSA) is 45.2 Å². The Hall–Kier alpha value is -0.100. The van der Waals surface area contributed by atoms with Crippen molar-refractivity contribution in [2.24, 2.45) is 0 Å². The number of nitrogens with one attached hydrogen (secondary N) is 1. The number of rotatable bonds is 5. The van der Waals surface area contributed by atoms with E-state index in [-0.39, 0.29) is 6.04 Å². The maximum atomic E-state index is 10.4. The van der Waals surface area contributed by atoms with Gasteiger partial charge in [-0.05, 0) is 26.0 Å². The van der Waals surface area contributed by atoms with Crippen molar-refractivity contribution in [1.82, 2.24) is 10.3 Å². The van der Waals surface area contributed by atoms with Gasteiger partial charge in [-0.25, -0.2) is 4.98 Å². The molecule has 1 aliphatic heterocycles. The van der Waals surface area contributed by atoms with Gasteiger partial charge in [0.2, 0.25) is 0 Å². The number of aryl methyl sites for hydroxylation is 1. The van der Waals surface area contributed by atoms with Crippen molar-refractivity contribution >= 4 is 23.1 Å². The molecule has 108 valence electrons. The largest absolute Gasteiger partial charge is 0.388 e. The second-order valence-corrected chi connectivity index (χ2v) is 7.95. The third-order valence-electron chi connectivity index (χ3n) is 3.56. The van der Waals surface area contributed by atoms with Gasteiger partial charge in [0, 0.05) is 29.1 Å². The molecule has 2 rings (SSSR count). The summed E-state index contributed by atoms with van der Waals surface area (Å²) in [4.78, 5) is 5.94. The molecule has 0 saturated carbocycles. The number of aromatic nitrogens is 1. The summed E-state index contributed by atoms with van der Waals surface area (Å²) in [6, 6.07) is 0.264. The van der Waals surface area contributed by atoms with Crippen LogP contribution in [0.25, 0.3) is 0 Å². The zero-order chi connectivity index (χ0) is 14.0. The molecule has 1 aromatic rings. The number of hydrogen-bond donors (Lipinski definition) is 2. The first-order valence-electron chi connectivity index (χ1n) is 6.92. The van der Waals surface area contributed by atoms with Gasteiger partial charge in [0.15, 0.2) is 0 Å². The van der Waals surface area contributed by atoms with Crippen LogP contribution in [0.1, 0.15) is 54.7 Å². The first kappa shape index (κ1) is 15.3. The lowest BCUT2D eigenvalue weighted by Gasteiger charge is -2.24. The van der Waals surface area contributed by atoms with E-state index in [1.54, 1.807) is 11.3 Å². The Balaban J connectivity index is 1.97. The van der Waals surface area contributed by atoms with Crippen LogP contribution in [0.15, 0.2) is 0 Å². The van der Waals surface area contributed by atoms with E-state index < -0.39 is 5.60 Å². The molecule has 2 heterocycles. The molecule has 0 amide bonds. The van der Waals surface area contributed by atoms with Crippen molar-refractivity contribution in [2.75, 3.05) is 18.1 Å². The summed E-state index contributed by atoms with van der Waals surface area (Å²) in [5.41, 5.74) is 0.611. The SMILES string of the molecule is Cc1nc(C(C)C)sc1[C@H](C)NC[C@]1(O)CCSC1. The second-order valence-electron chi connectivity index (χ2n) is 5.79. The van der Waals surface area contributed by atoms with Gasteiger partial charge in [0.1, 0.15) is 0 Å². The van der Waals surface area contributed by atoms with Gasteiger partial charge in [-0.3, -0.25) is 0 Å². The molecule has 0 bridgehead atoms. The molecule has 1 saturated heterocycles.